The van der Waals surface area contributed by atoms with E-state index < -0.39 is 0 Å². The first-order valence-corrected chi connectivity index (χ1v) is 8.75. The molecule has 0 aromatic carbocycles. The predicted molar refractivity (Wildman–Crippen MR) is 106 cm³/mol. The molecule has 0 fully saturated rings. The maximum atomic E-state index is 5.05. The number of guanidine groups is 1. The maximum Gasteiger partial charge on any atom is 0.191 e. The fraction of sp³-hybridized carbons (Fsp3) is 0.929. The van der Waals surface area contributed by atoms with Crippen molar-refractivity contribution in [3.8, 4) is 0 Å². The van der Waals surface area contributed by atoms with Crippen LogP contribution in [0.4, 0.5) is 0 Å². The predicted octanol–water partition coefficient (Wildman–Crippen LogP) is 1.88. The standard InChI is InChI=1S/C14H32N4OS.HI/c1-15-14(16-8-5-6-13-20-4)17-9-11-18(2)10-7-12-19-3;/h5-13H2,1-4H3,(H2,15,16,17);1H. The molecule has 0 heterocycles. The average Bonchev–Trinajstić information content (AvgIpc) is 2.45. The van der Waals surface area contributed by atoms with Crippen LogP contribution in [0.1, 0.15) is 19.3 Å². The van der Waals surface area contributed by atoms with Gasteiger partial charge in [-0.3, -0.25) is 4.99 Å². The number of likely N-dealkylation sites (N-methyl/N-ethyl adjacent to an activating group) is 1. The van der Waals surface area contributed by atoms with Crippen molar-refractivity contribution in [2.75, 3.05) is 66.0 Å². The SMILES string of the molecule is CN=C(NCCCCSC)NCCN(C)CCCOC.I. The minimum atomic E-state index is 0. The van der Waals surface area contributed by atoms with Crippen LogP contribution in [0.2, 0.25) is 0 Å². The molecule has 0 aromatic heterocycles. The van der Waals surface area contributed by atoms with Gasteiger partial charge in [0.05, 0.1) is 0 Å². The number of thioether (sulfide) groups is 1. The highest BCUT2D eigenvalue weighted by atomic mass is 127. The number of nitrogens with zero attached hydrogens (tertiary/aromatic N) is 2. The van der Waals surface area contributed by atoms with Crippen molar-refractivity contribution in [2.45, 2.75) is 19.3 Å². The summed E-state index contributed by atoms with van der Waals surface area (Å²) in [6.45, 7) is 4.81. The Morgan fingerprint density at radius 1 is 1.14 bits per heavy atom. The molecule has 0 aliphatic rings. The molecule has 0 spiro atoms. The summed E-state index contributed by atoms with van der Waals surface area (Å²) >= 11 is 1.90. The second-order valence-corrected chi connectivity index (χ2v) is 5.76. The maximum absolute atomic E-state index is 5.05. The molecule has 0 rings (SSSR count). The molecule has 0 aliphatic carbocycles. The summed E-state index contributed by atoms with van der Waals surface area (Å²) in [5.41, 5.74) is 0. The zero-order chi connectivity index (χ0) is 15.1. The zero-order valence-electron chi connectivity index (χ0n) is 14.0. The molecule has 0 saturated heterocycles. The van der Waals surface area contributed by atoms with Crippen molar-refractivity contribution in [2.24, 2.45) is 4.99 Å². The molecule has 7 heteroatoms. The Labute approximate surface area is 152 Å². The molecular formula is C14H33IN4OS. The van der Waals surface area contributed by atoms with E-state index in [-0.39, 0.29) is 24.0 Å². The number of hydrogen-bond acceptors (Lipinski definition) is 4. The number of aliphatic imine (C=N–C) groups is 1. The van der Waals surface area contributed by atoms with Gasteiger partial charge in [-0.25, -0.2) is 0 Å². The lowest BCUT2D eigenvalue weighted by Gasteiger charge is -2.18. The van der Waals surface area contributed by atoms with Crippen LogP contribution in [0.3, 0.4) is 0 Å². The number of nitrogens with one attached hydrogen (secondary N) is 2. The molecule has 0 aromatic rings. The Morgan fingerprint density at radius 2 is 1.86 bits per heavy atom. The summed E-state index contributed by atoms with van der Waals surface area (Å²) < 4.78 is 5.05. The van der Waals surface area contributed by atoms with Gasteiger partial charge in [-0.1, -0.05) is 0 Å². The van der Waals surface area contributed by atoms with E-state index in [1.807, 2.05) is 18.8 Å². The minimum absolute atomic E-state index is 0. The molecule has 128 valence electrons. The van der Waals surface area contributed by atoms with Gasteiger partial charge < -0.3 is 20.3 Å². The minimum Gasteiger partial charge on any atom is -0.385 e. The molecule has 0 radical (unpaired) electrons. The van der Waals surface area contributed by atoms with Gasteiger partial charge in [-0.2, -0.15) is 11.8 Å². The Bertz CT molecular complexity index is 245. The summed E-state index contributed by atoms with van der Waals surface area (Å²) in [7, 11) is 5.70. The van der Waals surface area contributed by atoms with Gasteiger partial charge in [-0.05, 0) is 38.3 Å². The summed E-state index contributed by atoms with van der Waals surface area (Å²) in [6, 6.07) is 0. The lowest BCUT2D eigenvalue weighted by molar-refractivity contribution is 0.180. The van der Waals surface area contributed by atoms with E-state index in [2.05, 4.69) is 33.8 Å². The molecule has 0 saturated carbocycles. The lowest BCUT2D eigenvalue weighted by atomic mass is 10.3. The van der Waals surface area contributed by atoms with Gasteiger partial charge in [0.15, 0.2) is 5.96 Å². The second kappa shape index (κ2) is 18.3. The van der Waals surface area contributed by atoms with Crippen LogP contribution >= 0.6 is 35.7 Å². The zero-order valence-corrected chi connectivity index (χ0v) is 17.1. The molecule has 21 heavy (non-hydrogen) atoms. The van der Waals surface area contributed by atoms with Gasteiger partial charge in [0.25, 0.3) is 0 Å². The van der Waals surface area contributed by atoms with Gasteiger partial charge >= 0.3 is 0 Å². The van der Waals surface area contributed by atoms with E-state index in [0.29, 0.717) is 0 Å². The van der Waals surface area contributed by atoms with E-state index in [4.69, 9.17) is 4.74 Å². The molecule has 0 bridgehead atoms. The van der Waals surface area contributed by atoms with Crippen molar-refractivity contribution in [1.82, 2.24) is 15.5 Å². The molecule has 0 aliphatic heterocycles. The van der Waals surface area contributed by atoms with Crippen LogP contribution in [-0.4, -0.2) is 76.9 Å². The van der Waals surface area contributed by atoms with Crippen LogP contribution < -0.4 is 10.6 Å². The number of ether oxygens (including phenoxy) is 1. The van der Waals surface area contributed by atoms with Crippen molar-refractivity contribution >= 4 is 41.7 Å². The second-order valence-electron chi connectivity index (χ2n) is 4.78. The van der Waals surface area contributed by atoms with Gasteiger partial charge in [-0.15, -0.1) is 24.0 Å². The van der Waals surface area contributed by atoms with Crippen LogP contribution in [0, 0.1) is 0 Å². The summed E-state index contributed by atoms with van der Waals surface area (Å²) in [5.74, 6) is 2.14. The Morgan fingerprint density at radius 3 is 2.48 bits per heavy atom. The van der Waals surface area contributed by atoms with Crippen molar-refractivity contribution < 1.29 is 4.74 Å². The summed E-state index contributed by atoms with van der Waals surface area (Å²) in [4.78, 5) is 6.53. The molecule has 0 amide bonds. The van der Waals surface area contributed by atoms with Crippen molar-refractivity contribution in [1.29, 1.82) is 0 Å². The highest BCUT2D eigenvalue weighted by molar-refractivity contribution is 14.0. The fourth-order valence-electron chi connectivity index (χ4n) is 1.75. The average molecular weight is 432 g/mol. The Hall–Kier alpha value is 0.270. The molecular weight excluding hydrogens is 399 g/mol. The van der Waals surface area contributed by atoms with Gasteiger partial charge in [0.1, 0.15) is 0 Å². The number of methoxy groups -OCH3 is 1. The van der Waals surface area contributed by atoms with Gasteiger partial charge in [0, 0.05) is 46.9 Å². The monoisotopic (exact) mass is 432 g/mol. The quantitative estimate of drug-likeness (QED) is 0.214. The number of rotatable bonds is 12. The first-order valence-electron chi connectivity index (χ1n) is 7.35. The van der Waals surface area contributed by atoms with Crippen LogP contribution in [0.15, 0.2) is 4.99 Å². The van der Waals surface area contributed by atoms with E-state index in [1.54, 1.807) is 7.11 Å². The third kappa shape index (κ3) is 16.5. The van der Waals surface area contributed by atoms with Crippen LogP contribution in [-0.2, 0) is 4.74 Å². The third-order valence-corrected chi connectivity index (χ3v) is 3.66. The molecule has 0 atom stereocenters. The van der Waals surface area contributed by atoms with Crippen molar-refractivity contribution in [3.63, 3.8) is 0 Å². The van der Waals surface area contributed by atoms with Crippen LogP contribution in [0.25, 0.3) is 0 Å². The number of unbranched alkanes of at least 4 members (excludes halogenated alkanes) is 1. The molecule has 5 nitrogen and oxygen atoms in total. The highest BCUT2D eigenvalue weighted by Crippen LogP contribution is 1.97. The Balaban J connectivity index is 0. The van der Waals surface area contributed by atoms with Gasteiger partial charge in [0.2, 0.25) is 0 Å². The normalized spacial score (nSPS) is 11.4. The molecule has 2 N–H and O–H groups in total. The molecule has 0 unspecified atom stereocenters. The van der Waals surface area contributed by atoms with E-state index in [9.17, 15) is 0 Å². The Kier molecular flexibility index (Phi) is 20.5. The summed E-state index contributed by atoms with van der Waals surface area (Å²) in [6.07, 6.45) is 5.68. The third-order valence-electron chi connectivity index (χ3n) is 2.97. The van der Waals surface area contributed by atoms with Crippen molar-refractivity contribution in [3.05, 3.63) is 0 Å². The summed E-state index contributed by atoms with van der Waals surface area (Å²) in [5, 5.41) is 6.69. The number of halogens is 1. The topological polar surface area (TPSA) is 48.9 Å². The largest absolute Gasteiger partial charge is 0.385 e. The van der Waals surface area contributed by atoms with E-state index >= 15 is 0 Å². The first kappa shape index (κ1) is 23.5. The van der Waals surface area contributed by atoms with E-state index in [1.165, 1.54) is 18.6 Å². The fourth-order valence-corrected chi connectivity index (χ4v) is 2.25. The van der Waals surface area contributed by atoms with Crippen LogP contribution in [0.5, 0.6) is 0 Å². The lowest BCUT2D eigenvalue weighted by Crippen LogP contribution is -2.41. The van der Waals surface area contributed by atoms with E-state index in [0.717, 1.165) is 45.2 Å². The highest BCUT2D eigenvalue weighted by Gasteiger charge is 2.00. The first-order chi connectivity index (χ1) is 9.74. The smallest absolute Gasteiger partial charge is 0.191 e. The number of hydrogen-bond donors (Lipinski definition) is 2.